The predicted octanol–water partition coefficient (Wildman–Crippen LogP) is -5.00. The first kappa shape index (κ1) is 23.7. The summed E-state index contributed by atoms with van der Waals surface area (Å²) >= 11 is 0.757. The van der Waals surface area contributed by atoms with Crippen LogP contribution in [0.15, 0.2) is 0 Å². The molecule has 0 fully saturated rings. The summed E-state index contributed by atoms with van der Waals surface area (Å²) < 4.78 is 0. The van der Waals surface area contributed by atoms with Gasteiger partial charge in [-0.2, -0.15) is 0 Å². The molecular weight excluding hydrogens is 230 g/mol. The van der Waals surface area contributed by atoms with Crippen LogP contribution in [0.1, 0.15) is 0 Å². The first-order valence-corrected chi connectivity index (χ1v) is 2.82. The molecule has 41 valence electrons. The van der Waals surface area contributed by atoms with Gasteiger partial charge in [0.25, 0.3) is 0 Å². The fourth-order valence-corrected chi connectivity index (χ4v) is 0. The molecule has 0 saturated carbocycles. The van der Waals surface area contributed by atoms with Gasteiger partial charge in [0.2, 0.25) is 0 Å². The van der Waals surface area contributed by atoms with E-state index in [1.54, 1.807) is 0 Å². The molecule has 0 bridgehead atoms. The van der Waals surface area contributed by atoms with Gasteiger partial charge in [-0.05, 0) is 0 Å². The summed E-state index contributed by atoms with van der Waals surface area (Å²) in [7, 11) is 9.34. The minimum absolute atomic E-state index is 0. The van der Waals surface area contributed by atoms with Crippen LogP contribution < -0.4 is 24.8 Å². The van der Waals surface area contributed by atoms with E-state index in [-0.39, 0.29) is 47.9 Å². The molecule has 0 unspecified atom stereocenters. The Bertz CT molecular complexity index is 7.51. The van der Waals surface area contributed by atoms with Crippen LogP contribution in [0, 0.1) is 0 Å². The van der Waals surface area contributed by atoms with E-state index in [0.29, 0.717) is 0 Å². The molecule has 0 heterocycles. The summed E-state index contributed by atoms with van der Waals surface area (Å²) in [6.07, 6.45) is 0. The minimum Gasteiger partial charge on any atom is 2.00 e. The van der Waals surface area contributed by atoms with Crippen molar-refractivity contribution < 1.29 is 37.9 Å². The van der Waals surface area contributed by atoms with Crippen LogP contribution in [0.3, 0.4) is 0 Å². The monoisotopic (exact) mass is 227 g/mol. The van der Waals surface area contributed by atoms with Crippen molar-refractivity contribution in [3.63, 3.8) is 0 Å². The van der Waals surface area contributed by atoms with Crippen molar-refractivity contribution in [2.24, 2.45) is 0 Å². The van der Waals surface area contributed by atoms with Crippen LogP contribution in [0.2, 0.25) is 0 Å². The van der Waals surface area contributed by atoms with Gasteiger partial charge in [0, 0.05) is 0 Å². The van der Waals surface area contributed by atoms with Crippen LogP contribution in [-0.2, 0) is 13.1 Å². The van der Waals surface area contributed by atoms with Gasteiger partial charge in [-0.15, -0.1) is 0 Å². The first-order valence-electron chi connectivity index (χ1n) is 0.228. The van der Waals surface area contributed by atoms with E-state index >= 15 is 0 Å². The molecule has 0 aromatic rings. The van der Waals surface area contributed by atoms with E-state index in [1.807, 2.05) is 0 Å². The van der Waals surface area contributed by atoms with E-state index in [2.05, 4.69) is 20.2 Å². The zero-order chi connectivity index (χ0) is 2.71. The van der Waals surface area contributed by atoms with Crippen LogP contribution in [0.25, 0.3) is 0 Å². The first-order chi connectivity index (χ1) is 1.41. The van der Waals surface area contributed by atoms with Crippen LogP contribution in [0.4, 0.5) is 0 Å². The largest absolute Gasteiger partial charge is 2.00 e. The second-order valence-corrected chi connectivity index (χ2v) is 1.60. The zero-order valence-electron chi connectivity index (χ0n) is 2.52. The Hall–Kier alpha value is 2.45. The summed E-state index contributed by atoms with van der Waals surface area (Å²) in [5.41, 5.74) is 0. The predicted molar refractivity (Wildman–Crippen MR) is 17.5 cm³/mol. The second kappa shape index (κ2) is 26.1. The van der Waals surface area contributed by atoms with E-state index in [1.165, 1.54) is 0 Å². The summed E-state index contributed by atoms with van der Waals surface area (Å²) in [6.45, 7) is 0. The molecule has 0 N–H and O–H groups in total. The Balaban J connectivity index is -0.00000000667. The normalized spacial score (nSPS) is 3.67. The molecule has 0 aliphatic rings. The number of hydrogen-bond acceptors (Lipinski definition) is 0. The van der Waals surface area contributed by atoms with Crippen molar-refractivity contribution in [1.29, 1.82) is 0 Å². The molecule has 0 aromatic carbocycles. The maximum atomic E-state index is 4.67. The molecule has 0 radical (unpaired) electrons. The molecule has 0 atom stereocenters. The molecule has 0 aromatic heterocycles. The van der Waals surface area contributed by atoms with E-state index in [4.69, 9.17) is 0 Å². The second-order valence-electron chi connectivity index (χ2n) is 0.0431. The van der Waals surface area contributed by atoms with Crippen molar-refractivity contribution >= 4 is 43.2 Å². The maximum Gasteiger partial charge on any atom is 2.00 e. The van der Waals surface area contributed by atoms with Gasteiger partial charge in [-0.1, -0.05) is 0 Å². The third-order valence-corrected chi connectivity index (χ3v) is 0. The Morgan fingerprint density at radius 2 is 1.00 bits per heavy atom. The van der Waals surface area contributed by atoms with Crippen molar-refractivity contribution in [2.75, 3.05) is 0 Å². The van der Waals surface area contributed by atoms with Crippen LogP contribution in [-0.4, -0.2) is 23.1 Å². The van der Waals surface area contributed by atoms with Crippen molar-refractivity contribution in [3.8, 4) is 0 Å². The van der Waals surface area contributed by atoms with Gasteiger partial charge in [-0.3, -0.25) is 0 Å². The zero-order valence-corrected chi connectivity index (χ0v) is 7.90. The van der Waals surface area contributed by atoms with Gasteiger partial charge in [0.05, 0.1) is 0 Å². The molecule has 6 heteroatoms. The van der Waals surface area contributed by atoms with E-state index < -0.39 is 0 Å². The van der Waals surface area contributed by atoms with Gasteiger partial charge in [0.15, 0.2) is 0 Å². The standard InChI is InChI=1S/4ClH.Cu.Mg/h4*1H;;/q;;;;2*+2/p-4. The van der Waals surface area contributed by atoms with E-state index in [0.717, 1.165) is 13.1 Å². The molecule has 0 amide bonds. The molecule has 0 aliphatic carbocycles. The van der Waals surface area contributed by atoms with Crippen LogP contribution >= 0.6 is 20.2 Å². The van der Waals surface area contributed by atoms with Gasteiger partial charge in [-0.25, -0.2) is 0 Å². The maximum absolute atomic E-state index is 4.67. The Morgan fingerprint density at radius 1 is 1.00 bits per heavy atom. The third kappa shape index (κ3) is 32.0. The van der Waals surface area contributed by atoms with E-state index in [9.17, 15) is 0 Å². The topological polar surface area (TPSA) is 0 Å². The van der Waals surface area contributed by atoms with Gasteiger partial charge < -0.3 is 24.8 Å². The van der Waals surface area contributed by atoms with Crippen LogP contribution in [0.5, 0.6) is 0 Å². The smallest absolute Gasteiger partial charge is 2.00 e. The Labute approximate surface area is 80.3 Å². The fraction of sp³-hybridized carbons (Fsp3) is 0. The summed E-state index contributed by atoms with van der Waals surface area (Å²) in [5, 5.41) is 0. The van der Waals surface area contributed by atoms with Crippen molar-refractivity contribution in [1.82, 2.24) is 0 Å². The van der Waals surface area contributed by atoms with Crippen molar-refractivity contribution in [2.45, 2.75) is 0 Å². The fourth-order valence-electron chi connectivity index (χ4n) is 0. The molecule has 6 heavy (non-hydrogen) atoms. The number of rotatable bonds is 0. The Kier molecular flexibility index (Phi) is 103. The average Bonchev–Trinajstić information content (AvgIpc) is 0.918. The average molecular weight is 230 g/mol. The summed E-state index contributed by atoms with van der Waals surface area (Å²) in [4.78, 5) is 0. The number of halogens is 4. The minimum atomic E-state index is 0. The Morgan fingerprint density at radius 3 is 1.00 bits per heavy atom. The molecule has 0 saturated heterocycles. The SMILES string of the molecule is [Cl-].[Cl-].[Cl][Cu][Cl].[Mg+2]. The van der Waals surface area contributed by atoms with Gasteiger partial charge >= 0.3 is 56.4 Å². The molecule has 0 spiro atoms. The molecular formula is Cl4CuMg. The summed E-state index contributed by atoms with van der Waals surface area (Å²) in [6, 6.07) is 0. The van der Waals surface area contributed by atoms with Gasteiger partial charge in [0.1, 0.15) is 0 Å². The quantitative estimate of drug-likeness (QED) is 0.365. The van der Waals surface area contributed by atoms with Crippen molar-refractivity contribution in [3.05, 3.63) is 0 Å². The molecule has 0 aliphatic heterocycles. The summed E-state index contributed by atoms with van der Waals surface area (Å²) in [5.74, 6) is 0. The molecule has 0 rings (SSSR count). The number of hydrogen-bond donors (Lipinski definition) is 0. The third-order valence-electron chi connectivity index (χ3n) is 0. The molecule has 0 nitrogen and oxygen atoms in total.